The Morgan fingerprint density at radius 1 is 0.816 bits per heavy atom. The van der Waals surface area contributed by atoms with Crippen molar-refractivity contribution in [3.05, 3.63) is 82.3 Å². The van der Waals surface area contributed by atoms with Crippen molar-refractivity contribution in [3.63, 3.8) is 0 Å². The normalized spacial score (nSPS) is 13.6. The number of hydrogen-bond acceptors (Lipinski definition) is 5. The summed E-state index contributed by atoms with van der Waals surface area (Å²) in [6, 6.07) is 17.7. The predicted molar refractivity (Wildman–Crippen MR) is 152 cm³/mol. The summed E-state index contributed by atoms with van der Waals surface area (Å²) in [5.41, 5.74) is 1.74. The lowest BCUT2D eigenvalue weighted by Gasteiger charge is -2.30. The number of carbonyl (C=O) groups excluding carboxylic acids is 2. The maximum atomic E-state index is 13.5. The van der Waals surface area contributed by atoms with E-state index in [0.717, 1.165) is 32.4 Å². The van der Waals surface area contributed by atoms with Gasteiger partial charge >= 0.3 is 0 Å². The van der Waals surface area contributed by atoms with Crippen LogP contribution in [0.15, 0.2) is 71.6 Å². The Morgan fingerprint density at radius 2 is 1.42 bits per heavy atom. The van der Waals surface area contributed by atoms with Crippen molar-refractivity contribution in [2.24, 2.45) is 0 Å². The third-order valence-electron chi connectivity index (χ3n) is 6.07. The van der Waals surface area contributed by atoms with Crippen molar-refractivity contribution < 1.29 is 18.0 Å². The minimum absolute atomic E-state index is 0.0122. The second-order valence-corrected chi connectivity index (χ2v) is 11.4. The van der Waals surface area contributed by atoms with Crippen LogP contribution in [-0.4, -0.2) is 39.9 Å². The molecular weight excluding hydrogens is 547 g/mol. The van der Waals surface area contributed by atoms with Gasteiger partial charge < -0.3 is 15.5 Å². The summed E-state index contributed by atoms with van der Waals surface area (Å²) in [6.45, 7) is 1.62. The lowest BCUT2D eigenvalue weighted by Crippen LogP contribution is -2.31. The highest BCUT2D eigenvalue weighted by atomic mass is 35.5. The van der Waals surface area contributed by atoms with Crippen LogP contribution in [0.2, 0.25) is 10.0 Å². The molecule has 38 heavy (non-hydrogen) atoms. The highest BCUT2D eigenvalue weighted by Crippen LogP contribution is 2.32. The van der Waals surface area contributed by atoms with Gasteiger partial charge in [-0.3, -0.25) is 14.3 Å². The Kier molecular flexibility index (Phi) is 9.14. The third-order valence-corrected chi connectivity index (χ3v) is 7.98. The van der Waals surface area contributed by atoms with Gasteiger partial charge in [0, 0.05) is 53.0 Å². The Hall–Kier alpha value is -3.27. The van der Waals surface area contributed by atoms with E-state index in [9.17, 15) is 18.0 Å². The fraction of sp³-hybridized carbons (Fsp3) is 0.259. The zero-order valence-corrected chi connectivity index (χ0v) is 22.9. The van der Waals surface area contributed by atoms with Crippen LogP contribution < -0.4 is 20.3 Å². The number of halogens is 2. The van der Waals surface area contributed by atoms with E-state index < -0.39 is 10.0 Å². The largest absolute Gasteiger partial charge is 0.370 e. The number of benzene rings is 3. The number of hydrogen-bond donors (Lipinski definition) is 3. The van der Waals surface area contributed by atoms with Gasteiger partial charge in [-0.1, -0.05) is 23.2 Å². The molecule has 0 spiro atoms. The van der Waals surface area contributed by atoms with Crippen LogP contribution in [0.1, 0.15) is 36.0 Å². The number of anilines is 3. The van der Waals surface area contributed by atoms with E-state index in [4.69, 9.17) is 23.2 Å². The maximum absolute atomic E-state index is 13.5. The number of carbonyl (C=O) groups is 2. The summed E-state index contributed by atoms with van der Waals surface area (Å²) >= 11 is 11.8. The molecular formula is C27H28Cl2N4O4S. The van der Waals surface area contributed by atoms with Crippen LogP contribution >= 0.6 is 23.2 Å². The van der Waals surface area contributed by atoms with Crippen molar-refractivity contribution in [2.45, 2.75) is 30.6 Å². The first-order valence-corrected chi connectivity index (χ1v) is 14.5. The molecule has 3 N–H and O–H groups in total. The molecule has 200 valence electrons. The number of amides is 2. The molecule has 1 aliphatic heterocycles. The second-order valence-electron chi connectivity index (χ2n) is 8.90. The Balaban J connectivity index is 1.47. The van der Waals surface area contributed by atoms with Crippen molar-refractivity contribution in [3.8, 4) is 0 Å². The Labute approximate surface area is 232 Å². The first-order valence-electron chi connectivity index (χ1n) is 12.2. The van der Waals surface area contributed by atoms with Gasteiger partial charge in [0.2, 0.25) is 5.91 Å². The first kappa shape index (κ1) is 27.8. The van der Waals surface area contributed by atoms with Crippen LogP contribution in [-0.2, 0) is 14.8 Å². The molecule has 0 unspecified atom stereocenters. The molecule has 1 saturated heterocycles. The highest BCUT2D eigenvalue weighted by Gasteiger charge is 2.24. The number of nitrogens with one attached hydrogen (secondary N) is 3. The zero-order chi connectivity index (χ0) is 27.1. The van der Waals surface area contributed by atoms with Gasteiger partial charge in [0.25, 0.3) is 15.9 Å². The molecule has 1 aliphatic rings. The SMILES string of the molecule is O=C(CCNC(=O)c1ccc(Cl)cc1)Nc1ccc(N2CCCCC2)c(S(=O)(=O)Nc2ccc(Cl)cc2)c1. The molecule has 0 atom stereocenters. The van der Waals surface area contributed by atoms with Gasteiger partial charge in [-0.25, -0.2) is 8.42 Å². The quantitative estimate of drug-likeness (QED) is 0.311. The Bertz CT molecular complexity index is 1390. The monoisotopic (exact) mass is 574 g/mol. The molecule has 11 heteroatoms. The summed E-state index contributed by atoms with van der Waals surface area (Å²) in [7, 11) is -3.98. The van der Waals surface area contributed by atoms with Crippen LogP contribution in [0.25, 0.3) is 0 Å². The number of nitrogens with zero attached hydrogens (tertiary/aromatic N) is 1. The molecule has 3 aromatic rings. The number of rotatable bonds is 9. The van der Waals surface area contributed by atoms with Gasteiger partial charge in [0.05, 0.1) is 5.69 Å². The van der Waals surface area contributed by atoms with E-state index in [0.29, 0.717) is 32.7 Å². The number of sulfonamides is 1. The average Bonchev–Trinajstić information content (AvgIpc) is 2.90. The van der Waals surface area contributed by atoms with E-state index in [2.05, 4.69) is 20.3 Å². The van der Waals surface area contributed by atoms with Crippen molar-refractivity contribution >= 4 is 62.1 Å². The molecule has 0 bridgehead atoms. The lowest BCUT2D eigenvalue weighted by atomic mass is 10.1. The lowest BCUT2D eigenvalue weighted by molar-refractivity contribution is -0.116. The molecule has 1 heterocycles. The van der Waals surface area contributed by atoms with Crippen molar-refractivity contribution in [1.82, 2.24) is 5.32 Å². The van der Waals surface area contributed by atoms with E-state index in [1.54, 1.807) is 60.7 Å². The molecule has 0 aromatic heterocycles. The average molecular weight is 576 g/mol. The van der Waals surface area contributed by atoms with E-state index in [1.807, 2.05) is 0 Å². The van der Waals surface area contributed by atoms with Gasteiger partial charge in [-0.05, 0) is 86.0 Å². The zero-order valence-electron chi connectivity index (χ0n) is 20.5. The molecule has 0 aliphatic carbocycles. The molecule has 0 saturated carbocycles. The molecule has 1 fully saturated rings. The van der Waals surface area contributed by atoms with Gasteiger partial charge in [-0.2, -0.15) is 0 Å². The summed E-state index contributed by atoms with van der Waals surface area (Å²) in [6.07, 6.45) is 3.07. The fourth-order valence-corrected chi connectivity index (χ4v) is 5.71. The maximum Gasteiger partial charge on any atom is 0.264 e. The van der Waals surface area contributed by atoms with Gasteiger partial charge in [0.1, 0.15) is 4.90 Å². The number of piperidine rings is 1. The fourth-order valence-electron chi connectivity index (χ4n) is 4.15. The predicted octanol–water partition coefficient (Wildman–Crippen LogP) is 5.54. The summed E-state index contributed by atoms with van der Waals surface area (Å²) in [5.74, 6) is -0.678. The first-order chi connectivity index (χ1) is 18.2. The summed E-state index contributed by atoms with van der Waals surface area (Å²) in [5, 5.41) is 6.45. The standard InChI is InChI=1S/C27H28Cl2N4O4S/c28-20-6-4-19(5-7-20)27(35)30-15-14-26(34)31-23-12-13-24(33-16-2-1-3-17-33)25(18-23)38(36,37)32-22-10-8-21(29)9-11-22/h4-13,18,32H,1-3,14-17H2,(H,30,35)(H,31,34). The van der Waals surface area contributed by atoms with Crippen molar-refractivity contribution in [2.75, 3.05) is 34.6 Å². The second kappa shape index (κ2) is 12.5. The van der Waals surface area contributed by atoms with Crippen LogP contribution in [0, 0.1) is 0 Å². The van der Waals surface area contributed by atoms with E-state index >= 15 is 0 Å². The minimum Gasteiger partial charge on any atom is -0.370 e. The van der Waals surface area contributed by atoms with E-state index in [1.165, 1.54) is 6.07 Å². The van der Waals surface area contributed by atoms with Crippen LogP contribution in [0.3, 0.4) is 0 Å². The topological polar surface area (TPSA) is 108 Å². The highest BCUT2D eigenvalue weighted by molar-refractivity contribution is 7.92. The molecule has 8 nitrogen and oxygen atoms in total. The minimum atomic E-state index is -3.98. The molecule has 4 rings (SSSR count). The van der Waals surface area contributed by atoms with Crippen molar-refractivity contribution in [1.29, 1.82) is 0 Å². The van der Waals surface area contributed by atoms with Crippen LogP contribution in [0.5, 0.6) is 0 Å². The van der Waals surface area contributed by atoms with Gasteiger partial charge in [0.15, 0.2) is 0 Å². The van der Waals surface area contributed by atoms with Crippen LogP contribution in [0.4, 0.5) is 17.1 Å². The third kappa shape index (κ3) is 7.40. The smallest absolute Gasteiger partial charge is 0.264 e. The molecule has 2 amide bonds. The van der Waals surface area contributed by atoms with E-state index in [-0.39, 0.29) is 29.7 Å². The summed E-state index contributed by atoms with van der Waals surface area (Å²) in [4.78, 5) is 26.9. The summed E-state index contributed by atoms with van der Waals surface area (Å²) < 4.78 is 29.5. The molecule has 0 radical (unpaired) electrons. The van der Waals surface area contributed by atoms with Gasteiger partial charge in [-0.15, -0.1) is 0 Å². The molecule has 3 aromatic carbocycles. The Morgan fingerprint density at radius 3 is 2.08 bits per heavy atom.